The van der Waals surface area contributed by atoms with Crippen molar-refractivity contribution in [3.05, 3.63) is 63.5 Å². The number of thioether (sulfide) groups is 1. The summed E-state index contributed by atoms with van der Waals surface area (Å²) in [5.74, 6) is 1.13. The highest BCUT2D eigenvalue weighted by atomic mass is 32.2. The SMILES string of the molecule is Cc1c(C)c(C)c(CSCC(=O)N/N=C/c2ccncc2)c(C)c1C. The number of pyridine rings is 1. The lowest BCUT2D eigenvalue weighted by Crippen LogP contribution is -2.19. The van der Waals surface area contributed by atoms with Gasteiger partial charge in [0.05, 0.1) is 12.0 Å². The third-order valence-electron chi connectivity index (χ3n) is 4.74. The lowest BCUT2D eigenvalue weighted by atomic mass is 9.90. The predicted octanol–water partition coefficient (Wildman–Crippen LogP) is 4.01. The minimum Gasteiger partial charge on any atom is -0.272 e. The topological polar surface area (TPSA) is 54.4 Å². The summed E-state index contributed by atoms with van der Waals surface area (Å²) in [5, 5.41) is 3.98. The predicted molar refractivity (Wildman–Crippen MR) is 106 cm³/mol. The zero-order valence-electron chi connectivity index (χ0n) is 15.5. The van der Waals surface area contributed by atoms with Crippen molar-refractivity contribution in [1.82, 2.24) is 10.4 Å². The Morgan fingerprint density at radius 3 is 2.20 bits per heavy atom. The van der Waals surface area contributed by atoms with Crippen molar-refractivity contribution in [3.8, 4) is 0 Å². The molecular weight excluding hydrogens is 330 g/mol. The fourth-order valence-corrected chi connectivity index (χ4v) is 3.69. The van der Waals surface area contributed by atoms with Crippen molar-refractivity contribution in [2.24, 2.45) is 5.10 Å². The number of aromatic nitrogens is 1. The monoisotopic (exact) mass is 355 g/mol. The molecule has 0 aliphatic rings. The summed E-state index contributed by atoms with van der Waals surface area (Å²) in [7, 11) is 0. The normalized spacial score (nSPS) is 11.1. The second-order valence-electron chi connectivity index (χ2n) is 6.17. The molecular formula is C20H25N3OS. The molecule has 1 N–H and O–H groups in total. The first kappa shape index (κ1) is 19.2. The van der Waals surface area contributed by atoms with Crippen LogP contribution in [0.2, 0.25) is 0 Å². The fourth-order valence-electron chi connectivity index (χ4n) is 2.70. The van der Waals surface area contributed by atoms with Crippen LogP contribution in [0, 0.1) is 34.6 Å². The van der Waals surface area contributed by atoms with Gasteiger partial charge < -0.3 is 0 Å². The molecule has 0 unspecified atom stereocenters. The number of benzene rings is 1. The van der Waals surface area contributed by atoms with Crippen LogP contribution in [0.25, 0.3) is 0 Å². The number of rotatable bonds is 6. The van der Waals surface area contributed by atoms with E-state index in [2.05, 4.69) is 50.1 Å². The average Bonchev–Trinajstić information content (AvgIpc) is 2.62. The average molecular weight is 356 g/mol. The van der Waals surface area contributed by atoms with Gasteiger partial charge in [0, 0.05) is 18.1 Å². The van der Waals surface area contributed by atoms with Gasteiger partial charge in [0.15, 0.2) is 0 Å². The molecule has 5 heteroatoms. The van der Waals surface area contributed by atoms with E-state index in [1.807, 2.05) is 12.1 Å². The van der Waals surface area contributed by atoms with Crippen molar-refractivity contribution < 1.29 is 4.79 Å². The summed E-state index contributed by atoms with van der Waals surface area (Å²) in [6, 6.07) is 3.66. The Morgan fingerprint density at radius 2 is 1.60 bits per heavy atom. The number of amides is 1. The third-order valence-corrected chi connectivity index (χ3v) is 5.70. The quantitative estimate of drug-likeness (QED) is 0.629. The zero-order valence-corrected chi connectivity index (χ0v) is 16.3. The molecule has 1 aromatic carbocycles. The Labute approximate surface area is 154 Å². The van der Waals surface area contributed by atoms with Gasteiger partial charge >= 0.3 is 0 Å². The first-order valence-corrected chi connectivity index (χ1v) is 9.42. The van der Waals surface area contributed by atoms with Crippen LogP contribution in [0.3, 0.4) is 0 Å². The van der Waals surface area contributed by atoms with Gasteiger partial charge in [0.2, 0.25) is 5.91 Å². The summed E-state index contributed by atoms with van der Waals surface area (Å²) in [6.45, 7) is 10.9. The van der Waals surface area contributed by atoms with Crippen LogP contribution in [0.4, 0.5) is 0 Å². The van der Waals surface area contributed by atoms with Gasteiger partial charge in [-0.2, -0.15) is 5.10 Å². The molecule has 0 aliphatic heterocycles. The minimum absolute atomic E-state index is 0.0915. The lowest BCUT2D eigenvalue weighted by Gasteiger charge is -2.18. The molecule has 1 heterocycles. The smallest absolute Gasteiger partial charge is 0.250 e. The maximum atomic E-state index is 11.9. The van der Waals surface area contributed by atoms with Crippen molar-refractivity contribution >= 4 is 23.9 Å². The summed E-state index contributed by atoms with van der Waals surface area (Å²) in [5.41, 5.74) is 11.6. The largest absolute Gasteiger partial charge is 0.272 e. The van der Waals surface area contributed by atoms with E-state index in [0.717, 1.165) is 11.3 Å². The Kier molecular flexibility index (Phi) is 6.76. The molecule has 0 spiro atoms. The van der Waals surface area contributed by atoms with E-state index in [1.54, 1.807) is 30.4 Å². The molecule has 0 aliphatic carbocycles. The van der Waals surface area contributed by atoms with Crippen molar-refractivity contribution in [1.29, 1.82) is 0 Å². The summed E-state index contributed by atoms with van der Waals surface area (Å²) >= 11 is 1.62. The van der Waals surface area contributed by atoms with Gasteiger partial charge in [-0.25, -0.2) is 5.43 Å². The third kappa shape index (κ3) is 4.92. The number of nitrogens with zero attached hydrogens (tertiary/aromatic N) is 2. The first-order chi connectivity index (χ1) is 11.9. The summed E-state index contributed by atoms with van der Waals surface area (Å²) in [4.78, 5) is 15.9. The molecule has 0 atom stereocenters. The van der Waals surface area contributed by atoms with Crippen molar-refractivity contribution in [3.63, 3.8) is 0 Å². The number of carbonyl (C=O) groups excluding carboxylic acids is 1. The Balaban J connectivity index is 1.89. The van der Waals surface area contributed by atoms with Crippen LogP contribution in [0.15, 0.2) is 29.6 Å². The van der Waals surface area contributed by atoms with Crippen LogP contribution in [-0.2, 0) is 10.5 Å². The van der Waals surface area contributed by atoms with Crippen molar-refractivity contribution in [2.75, 3.05) is 5.75 Å². The van der Waals surface area contributed by atoms with E-state index in [9.17, 15) is 4.79 Å². The van der Waals surface area contributed by atoms with Crippen molar-refractivity contribution in [2.45, 2.75) is 40.4 Å². The molecule has 2 aromatic rings. The van der Waals surface area contributed by atoms with E-state index in [0.29, 0.717) is 5.75 Å². The Bertz CT molecular complexity index is 756. The van der Waals surface area contributed by atoms with E-state index >= 15 is 0 Å². The Hall–Kier alpha value is -2.14. The second-order valence-corrected chi connectivity index (χ2v) is 7.16. The molecule has 4 nitrogen and oxygen atoms in total. The number of hydrogen-bond acceptors (Lipinski definition) is 4. The van der Waals surface area contributed by atoms with Crippen LogP contribution in [-0.4, -0.2) is 22.9 Å². The molecule has 2 rings (SSSR count). The highest BCUT2D eigenvalue weighted by molar-refractivity contribution is 7.99. The van der Waals surface area contributed by atoms with E-state index in [-0.39, 0.29) is 5.91 Å². The first-order valence-electron chi connectivity index (χ1n) is 8.27. The molecule has 1 amide bonds. The fraction of sp³-hybridized carbons (Fsp3) is 0.350. The maximum Gasteiger partial charge on any atom is 0.250 e. The van der Waals surface area contributed by atoms with Crippen LogP contribution >= 0.6 is 11.8 Å². The van der Waals surface area contributed by atoms with E-state index in [4.69, 9.17) is 0 Å². The number of hydrogen-bond donors (Lipinski definition) is 1. The van der Waals surface area contributed by atoms with Gasteiger partial charge in [-0.3, -0.25) is 9.78 Å². The molecule has 0 bridgehead atoms. The molecule has 0 radical (unpaired) electrons. The molecule has 0 saturated carbocycles. The molecule has 0 fully saturated rings. The van der Waals surface area contributed by atoms with E-state index in [1.165, 1.54) is 33.4 Å². The van der Waals surface area contributed by atoms with Gasteiger partial charge in [0.1, 0.15) is 0 Å². The second kappa shape index (κ2) is 8.81. The molecule has 132 valence electrons. The highest BCUT2D eigenvalue weighted by Gasteiger charge is 2.12. The minimum atomic E-state index is -0.0915. The zero-order chi connectivity index (χ0) is 18.4. The number of nitrogens with one attached hydrogen (secondary N) is 1. The van der Waals surface area contributed by atoms with E-state index < -0.39 is 0 Å². The Morgan fingerprint density at radius 1 is 1.04 bits per heavy atom. The van der Waals surface area contributed by atoms with Gasteiger partial charge in [0.25, 0.3) is 0 Å². The van der Waals surface area contributed by atoms with Gasteiger partial charge in [-0.05, 0) is 85.7 Å². The summed E-state index contributed by atoms with van der Waals surface area (Å²) in [6.07, 6.45) is 5.00. The molecule has 1 aromatic heterocycles. The summed E-state index contributed by atoms with van der Waals surface area (Å²) < 4.78 is 0. The number of carbonyl (C=O) groups is 1. The van der Waals surface area contributed by atoms with Crippen LogP contribution < -0.4 is 5.43 Å². The highest BCUT2D eigenvalue weighted by Crippen LogP contribution is 2.28. The standard InChI is InChI=1S/C20H25N3OS/c1-13-14(2)16(4)19(17(5)15(13)3)11-25-12-20(24)23-22-10-18-6-8-21-9-7-18/h6-10H,11-12H2,1-5H3,(H,23,24)/b22-10+. The van der Waals surface area contributed by atoms with Gasteiger partial charge in [-0.1, -0.05) is 0 Å². The van der Waals surface area contributed by atoms with Crippen LogP contribution in [0.5, 0.6) is 0 Å². The van der Waals surface area contributed by atoms with Gasteiger partial charge in [-0.15, -0.1) is 11.8 Å². The molecule has 0 saturated heterocycles. The number of hydrazone groups is 1. The maximum absolute atomic E-state index is 11.9. The lowest BCUT2D eigenvalue weighted by molar-refractivity contribution is -0.118. The van der Waals surface area contributed by atoms with Crippen LogP contribution in [0.1, 0.15) is 38.9 Å². The molecule has 25 heavy (non-hydrogen) atoms.